The summed E-state index contributed by atoms with van der Waals surface area (Å²) in [5, 5.41) is 1.23. The molecule has 0 aliphatic carbocycles. The number of amides is 1. The van der Waals surface area contributed by atoms with E-state index < -0.39 is 0 Å². The minimum atomic E-state index is 0.283. The van der Waals surface area contributed by atoms with Gasteiger partial charge in [-0.05, 0) is 31.2 Å². The average Bonchev–Trinajstić information content (AvgIpc) is 2.94. The molecule has 1 fully saturated rings. The molecule has 1 aliphatic heterocycles. The number of aromatic nitrogens is 1. The van der Waals surface area contributed by atoms with E-state index in [0.717, 1.165) is 38.1 Å². The maximum absolute atomic E-state index is 12.3. The number of piperazine rings is 1. The van der Waals surface area contributed by atoms with Crippen LogP contribution < -0.4 is 0 Å². The van der Waals surface area contributed by atoms with E-state index in [1.165, 1.54) is 10.9 Å². The Kier molecular flexibility index (Phi) is 3.74. The number of hydrogen-bond acceptors (Lipinski definition) is 2. The number of nitrogens with zero attached hydrogens (tertiary/aromatic N) is 2. The molecular weight excluding hydrogens is 250 g/mol. The maximum atomic E-state index is 12.3. The first kappa shape index (κ1) is 13.2. The Morgan fingerprint density at radius 2 is 2.00 bits per heavy atom. The van der Waals surface area contributed by atoms with Gasteiger partial charge in [-0.2, -0.15) is 0 Å². The zero-order valence-corrected chi connectivity index (χ0v) is 11.9. The molecular formula is C16H21N3O. The van der Waals surface area contributed by atoms with Gasteiger partial charge in [-0.1, -0.05) is 12.1 Å². The smallest absolute Gasteiger partial charge is 0.222 e. The molecule has 1 saturated heterocycles. The first-order valence-corrected chi connectivity index (χ1v) is 7.25. The summed E-state index contributed by atoms with van der Waals surface area (Å²) in [6.07, 6.45) is 3.38. The van der Waals surface area contributed by atoms with Crippen molar-refractivity contribution in [3.8, 4) is 0 Å². The van der Waals surface area contributed by atoms with Gasteiger partial charge in [0.2, 0.25) is 5.91 Å². The van der Waals surface area contributed by atoms with Crippen LogP contribution in [-0.4, -0.2) is 53.9 Å². The molecule has 0 spiro atoms. The highest BCUT2D eigenvalue weighted by Crippen LogP contribution is 2.19. The zero-order valence-electron chi connectivity index (χ0n) is 11.9. The van der Waals surface area contributed by atoms with Crippen LogP contribution >= 0.6 is 0 Å². The molecule has 1 aliphatic rings. The van der Waals surface area contributed by atoms with Crippen LogP contribution in [0.25, 0.3) is 10.9 Å². The van der Waals surface area contributed by atoms with Crippen LogP contribution in [0.15, 0.2) is 30.5 Å². The van der Waals surface area contributed by atoms with Gasteiger partial charge in [0.25, 0.3) is 0 Å². The van der Waals surface area contributed by atoms with Crippen molar-refractivity contribution < 1.29 is 4.79 Å². The van der Waals surface area contributed by atoms with Crippen molar-refractivity contribution in [1.82, 2.24) is 14.8 Å². The highest BCUT2D eigenvalue weighted by molar-refractivity contribution is 5.84. The minimum absolute atomic E-state index is 0.283. The fourth-order valence-electron chi connectivity index (χ4n) is 2.82. The first-order chi connectivity index (χ1) is 9.74. The third-order valence-electron chi connectivity index (χ3n) is 4.15. The molecule has 0 unspecified atom stereocenters. The lowest BCUT2D eigenvalue weighted by Crippen LogP contribution is -2.47. The highest BCUT2D eigenvalue weighted by Gasteiger charge is 2.18. The number of nitrogens with one attached hydrogen (secondary N) is 1. The lowest BCUT2D eigenvalue weighted by molar-refractivity contribution is -0.132. The van der Waals surface area contributed by atoms with Crippen molar-refractivity contribution in [3.63, 3.8) is 0 Å². The topological polar surface area (TPSA) is 39.3 Å². The predicted octanol–water partition coefficient (Wildman–Crippen LogP) is 1.87. The Morgan fingerprint density at radius 1 is 1.20 bits per heavy atom. The lowest BCUT2D eigenvalue weighted by atomic mass is 10.0. The summed E-state index contributed by atoms with van der Waals surface area (Å²) in [5.74, 6) is 0.283. The highest BCUT2D eigenvalue weighted by atomic mass is 16.2. The zero-order chi connectivity index (χ0) is 13.9. The van der Waals surface area contributed by atoms with Crippen LogP contribution in [0.3, 0.4) is 0 Å². The molecule has 20 heavy (non-hydrogen) atoms. The number of H-pyrrole nitrogens is 1. The standard InChI is InChI=1S/C16H21N3O/c1-18-9-11-19(12-10-18)16(20)6-5-13-3-2-4-15-14(13)7-8-17-15/h2-4,7-8,17H,5-6,9-12H2,1H3. The van der Waals surface area contributed by atoms with Crippen LogP contribution in [0.1, 0.15) is 12.0 Å². The van der Waals surface area contributed by atoms with Crippen molar-refractivity contribution in [2.45, 2.75) is 12.8 Å². The van der Waals surface area contributed by atoms with Crippen molar-refractivity contribution in [2.75, 3.05) is 33.2 Å². The summed E-state index contributed by atoms with van der Waals surface area (Å²) < 4.78 is 0. The molecule has 1 amide bonds. The van der Waals surface area contributed by atoms with E-state index in [2.05, 4.69) is 41.2 Å². The molecule has 4 nitrogen and oxygen atoms in total. The van der Waals surface area contributed by atoms with Gasteiger partial charge in [0.1, 0.15) is 0 Å². The lowest BCUT2D eigenvalue weighted by Gasteiger charge is -2.32. The molecule has 1 N–H and O–H groups in total. The van der Waals surface area contributed by atoms with E-state index in [1.54, 1.807) is 0 Å². The Hall–Kier alpha value is -1.81. The van der Waals surface area contributed by atoms with E-state index in [4.69, 9.17) is 0 Å². The van der Waals surface area contributed by atoms with Gasteiger partial charge >= 0.3 is 0 Å². The van der Waals surface area contributed by atoms with E-state index in [0.29, 0.717) is 6.42 Å². The summed E-state index contributed by atoms with van der Waals surface area (Å²) in [7, 11) is 2.11. The van der Waals surface area contributed by atoms with Crippen molar-refractivity contribution in [3.05, 3.63) is 36.0 Å². The normalized spacial score (nSPS) is 16.8. The van der Waals surface area contributed by atoms with Gasteiger partial charge in [0, 0.05) is 49.7 Å². The summed E-state index contributed by atoms with van der Waals surface area (Å²) in [6.45, 7) is 3.70. The third kappa shape index (κ3) is 2.70. The van der Waals surface area contributed by atoms with Crippen LogP contribution in [0.5, 0.6) is 0 Å². The number of benzene rings is 1. The van der Waals surface area contributed by atoms with Crippen molar-refractivity contribution in [2.24, 2.45) is 0 Å². The quantitative estimate of drug-likeness (QED) is 0.925. The second-order valence-electron chi connectivity index (χ2n) is 5.54. The summed E-state index contributed by atoms with van der Waals surface area (Å²) in [6, 6.07) is 8.33. The Balaban J connectivity index is 1.62. The molecule has 0 atom stereocenters. The number of rotatable bonds is 3. The van der Waals surface area contributed by atoms with Crippen LogP contribution in [0.4, 0.5) is 0 Å². The van der Waals surface area contributed by atoms with Crippen LogP contribution in [0, 0.1) is 0 Å². The van der Waals surface area contributed by atoms with Crippen LogP contribution in [0.2, 0.25) is 0 Å². The fourth-order valence-corrected chi connectivity index (χ4v) is 2.82. The minimum Gasteiger partial charge on any atom is -0.361 e. The molecule has 1 aromatic carbocycles. The summed E-state index contributed by atoms with van der Waals surface area (Å²) in [4.78, 5) is 19.7. The van der Waals surface area contributed by atoms with E-state index in [1.807, 2.05) is 11.1 Å². The second-order valence-corrected chi connectivity index (χ2v) is 5.54. The van der Waals surface area contributed by atoms with E-state index >= 15 is 0 Å². The Bertz CT molecular complexity index is 597. The van der Waals surface area contributed by atoms with E-state index in [9.17, 15) is 4.79 Å². The molecule has 106 valence electrons. The maximum Gasteiger partial charge on any atom is 0.222 e. The van der Waals surface area contributed by atoms with Gasteiger partial charge in [0.15, 0.2) is 0 Å². The number of hydrogen-bond donors (Lipinski definition) is 1. The number of carbonyl (C=O) groups is 1. The van der Waals surface area contributed by atoms with E-state index in [-0.39, 0.29) is 5.91 Å². The molecule has 0 radical (unpaired) electrons. The van der Waals surface area contributed by atoms with Gasteiger partial charge < -0.3 is 14.8 Å². The summed E-state index contributed by atoms with van der Waals surface area (Å²) >= 11 is 0. The Morgan fingerprint density at radius 3 is 2.80 bits per heavy atom. The van der Waals surface area contributed by atoms with Gasteiger partial charge in [-0.15, -0.1) is 0 Å². The first-order valence-electron chi connectivity index (χ1n) is 7.25. The second kappa shape index (κ2) is 5.67. The SMILES string of the molecule is CN1CCN(C(=O)CCc2cccc3[nH]ccc23)CC1. The largest absolute Gasteiger partial charge is 0.361 e. The van der Waals surface area contributed by atoms with Gasteiger partial charge in [-0.3, -0.25) is 4.79 Å². The van der Waals surface area contributed by atoms with Crippen molar-refractivity contribution in [1.29, 1.82) is 0 Å². The molecule has 2 aromatic rings. The van der Waals surface area contributed by atoms with Crippen molar-refractivity contribution >= 4 is 16.8 Å². The van der Waals surface area contributed by atoms with Gasteiger partial charge in [-0.25, -0.2) is 0 Å². The number of carbonyl (C=O) groups excluding carboxylic acids is 1. The summed E-state index contributed by atoms with van der Waals surface area (Å²) in [5.41, 5.74) is 2.40. The Labute approximate surface area is 119 Å². The molecule has 4 heteroatoms. The number of aromatic amines is 1. The fraction of sp³-hybridized carbons (Fsp3) is 0.438. The molecule has 1 aromatic heterocycles. The van der Waals surface area contributed by atoms with Gasteiger partial charge in [0.05, 0.1) is 0 Å². The number of fused-ring (bicyclic) bond motifs is 1. The third-order valence-corrected chi connectivity index (χ3v) is 4.15. The molecule has 2 heterocycles. The molecule has 0 saturated carbocycles. The average molecular weight is 271 g/mol. The predicted molar refractivity (Wildman–Crippen MR) is 80.7 cm³/mol. The monoisotopic (exact) mass is 271 g/mol. The number of likely N-dealkylation sites (N-methyl/N-ethyl adjacent to an activating group) is 1. The molecule has 0 bridgehead atoms. The number of aryl methyl sites for hydroxylation is 1. The van der Waals surface area contributed by atoms with Crippen LogP contribution in [-0.2, 0) is 11.2 Å². The molecule has 3 rings (SSSR count).